The highest BCUT2D eigenvalue weighted by atomic mass is 32.1. The highest BCUT2D eigenvalue weighted by Gasteiger charge is 2.06. The number of carbonyl (C=O) groups excluding carboxylic acids is 1. The van der Waals surface area contributed by atoms with Crippen molar-refractivity contribution in [2.24, 2.45) is 11.5 Å². The zero-order chi connectivity index (χ0) is 10.1. The Morgan fingerprint density at radius 3 is 1.92 bits per heavy atom. The molecule has 0 aliphatic heterocycles. The highest BCUT2D eigenvalue weighted by Crippen LogP contribution is 1.80. The van der Waals surface area contributed by atoms with Gasteiger partial charge in [0.25, 0.3) is 0 Å². The number of carboxylic acids is 1. The second kappa shape index (κ2) is 8.35. The van der Waals surface area contributed by atoms with E-state index < -0.39 is 12.0 Å². The minimum absolute atomic E-state index is 0.190. The zero-order valence-electron chi connectivity index (χ0n) is 6.86. The van der Waals surface area contributed by atoms with Crippen LogP contribution in [0.3, 0.4) is 0 Å². The first kappa shape index (κ1) is 13.8. The van der Waals surface area contributed by atoms with Gasteiger partial charge in [-0.25, -0.2) is 0 Å². The largest absolute Gasteiger partial charge is 0.480 e. The molecule has 0 spiro atoms. The van der Waals surface area contributed by atoms with Crippen molar-refractivity contribution in [3.63, 3.8) is 0 Å². The summed E-state index contributed by atoms with van der Waals surface area (Å²) >= 11 is 3.65. The molecule has 0 fully saturated rings. The van der Waals surface area contributed by atoms with E-state index in [-0.39, 0.29) is 11.7 Å². The van der Waals surface area contributed by atoms with Gasteiger partial charge >= 0.3 is 5.97 Å². The van der Waals surface area contributed by atoms with E-state index in [9.17, 15) is 9.59 Å². The van der Waals surface area contributed by atoms with Crippen LogP contribution in [-0.4, -0.2) is 28.8 Å². The van der Waals surface area contributed by atoms with Gasteiger partial charge in [0.1, 0.15) is 6.04 Å². The number of rotatable bonds is 3. The number of nitrogens with two attached hydrogens (primary N) is 2. The molecule has 0 aliphatic carbocycles. The molecular formula is C6H14N2O3S. The van der Waals surface area contributed by atoms with E-state index in [2.05, 4.69) is 18.4 Å². The van der Waals surface area contributed by atoms with Gasteiger partial charge in [-0.2, -0.15) is 12.6 Å². The van der Waals surface area contributed by atoms with Crippen molar-refractivity contribution in [3.8, 4) is 0 Å². The van der Waals surface area contributed by atoms with Gasteiger partial charge in [0, 0.05) is 12.2 Å². The van der Waals surface area contributed by atoms with Crippen LogP contribution in [0.25, 0.3) is 0 Å². The quantitative estimate of drug-likeness (QED) is 0.442. The first-order valence-corrected chi connectivity index (χ1v) is 3.96. The van der Waals surface area contributed by atoms with Crippen LogP contribution in [0.5, 0.6) is 0 Å². The van der Waals surface area contributed by atoms with E-state index in [4.69, 9.17) is 10.8 Å². The fourth-order valence-corrected chi connectivity index (χ4v) is 0.234. The lowest BCUT2D eigenvalue weighted by Gasteiger charge is -1.96. The first-order chi connectivity index (χ1) is 5.45. The Kier molecular flexibility index (Phi) is 9.61. The Hall–Kier alpha value is -0.750. The molecule has 0 bridgehead atoms. The SMILES string of the molecule is CCC(N)=O.N[C@@H](CS)C(=O)O. The van der Waals surface area contributed by atoms with Crippen LogP contribution in [-0.2, 0) is 9.59 Å². The molecule has 72 valence electrons. The zero-order valence-corrected chi connectivity index (χ0v) is 7.75. The predicted molar refractivity (Wildman–Crippen MR) is 48.9 cm³/mol. The Labute approximate surface area is 76.5 Å². The van der Waals surface area contributed by atoms with E-state index in [1.54, 1.807) is 6.92 Å². The minimum Gasteiger partial charge on any atom is -0.480 e. The molecule has 1 amide bonds. The molecule has 0 heterocycles. The summed E-state index contributed by atoms with van der Waals surface area (Å²) < 4.78 is 0. The van der Waals surface area contributed by atoms with Crippen LogP contribution < -0.4 is 11.5 Å². The number of amides is 1. The molecule has 0 saturated heterocycles. The number of thiol groups is 1. The molecule has 5 nitrogen and oxygen atoms in total. The lowest BCUT2D eigenvalue weighted by molar-refractivity contribution is -0.137. The van der Waals surface area contributed by atoms with Crippen LogP contribution in [0, 0.1) is 0 Å². The van der Waals surface area contributed by atoms with E-state index in [1.165, 1.54) is 0 Å². The van der Waals surface area contributed by atoms with Gasteiger partial charge in [-0.1, -0.05) is 6.92 Å². The lowest BCUT2D eigenvalue weighted by atomic mass is 10.4. The molecule has 0 aliphatic rings. The predicted octanol–water partition coefficient (Wildman–Crippen LogP) is -0.790. The summed E-state index contributed by atoms with van der Waals surface area (Å²) in [7, 11) is 0. The highest BCUT2D eigenvalue weighted by molar-refractivity contribution is 7.80. The number of hydrogen-bond acceptors (Lipinski definition) is 4. The first-order valence-electron chi connectivity index (χ1n) is 3.33. The number of primary amides is 1. The minimum atomic E-state index is -1.00. The van der Waals surface area contributed by atoms with E-state index >= 15 is 0 Å². The van der Waals surface area contributed by atoms with E-state index in [0.717, 1.165) is 0 Å². The lowest BCUT2D eigenvalue weighted by Crippen LogP contribution is -2.31. The fraction of sp³-hybridized carbons (Fsp3) is 0.667. The second-order valence-electron chi connectivity index (χ2n) is 1.95. The number of carbonyl (C=O) groups is 2. The fourth-order valence-electron chi connectivity index (χ4n) is 0.0781. The molecule has 5 N–H and O–H groups in total. The second-order valence-corrected chi connectivity index (χ2v) is 2.31. The van der Waals surface area contributed by atoms with Gasteiger partial charge < -0.3 is 16.6 Å². The van der Waals surface area contributed by atoms with E-state index in [1.807, 2.05) is 0 Å². The molecule has 1 atom stereocenters. The van der Waals surface area contributed by atoms with Gasteiger partial charge in [-0.3, -0.25) is 9.59 Å². The van der Waals surface area contributed by atoms with Gasteiger partial charge in [-0.05, 0) is 0 Å². The molecule has 0 aromatic rings. The molecule has 6 heteroatoms. The Morgan fingerprint density at radius 2 is 1.92 bits per heavy atom. The van der Waals surface area contributed by atoms with Gasteiger partial charge in [0.05, 0.1) is 0 Å². The summed E-state index contributed by atoms with van der Waals surface area (Å²) in [6, 6.07) is -0.816. The molecule has 0 rings (SSSR count). The number of carboxylic acid groups (broad SMARTS) is 1. The van der Waals surface area contributed by atoms with Gasteiger partial charge in [-0.15, -0.1) is 0 Å². The molecular weight excluding hydrogens is 180 g/mol. The molecule has 12 heavy (non-hydrogen) atoms. The summed E-state index contributed by atoms with van der Waals surface area (Å²) in [5, 5.41) is 8.01. The van der Waals surface area contributed by atoms with Crippen molar-refractivity contribution >= 4 is 24.5 Å². The Bertz CT molecular complexity index is 152. The topological polar surface area (TPSA) is 106 Å². The molecule has 0 unspecified atom stereocenters. The van der Waals surface area contributed by atoms with Crippen molar-refractivity contribution in [3.05, 3.63) is 0 Å². The molecule has 0 radical (unpaired) electrons. The van der Waals surface area contributed by atoms with Crippen molar-refractivity contribution < 1.29 is 14.7 Å². The summed E-state index contributed by atoms with van der Waals surface area (Å²) in [4.78, 5) is 19.3. The van der Waals surface area contributed by atoms with Crippen molar-refractivity contribution in [2.45, 2.75) is 19.4 Å². The van der Waals surface area contributed by atoms with Crippen molar-refractivity contribution in [1.29, 1.82) is 0 Å². The third-order valence-corrected chi connectivity index (χ3v) is 1.26. The smallest absolute Gasteiger partial charge is 0.321 e. The summed E-state index contributed by atoms with van der Waals surface area (Å²) in [5.41, 5.74) is 9.59. The average Bonchev–Trinajstić information content (AvgIpc) is 2.04. The van der Waals surface area contributed by atoms with Crippen LogP contribution >= 0.6 is 12.6 Å². The number of hydrogen-bond donors (Lipinski definition) is 4. The monoisotopic (exact) mass is 194 g/mol. The Morgan fingerprint density at radius 1 is 1.58 bits per heavy atom. The van der Waals surface area contributed by atoms with Crippen LogP contribution in [0.15, 0.2) is 0 Å². The summed E-state index contributed by atoms with van der Waals surface area (Å²) in [6.07, 6.45) is 0.444. The summed E-state index contributed by atoms with van der Waals surface area (Å²) in [5.74, 6) is -1.06. The maximum atomic E-state index is 9.76. The average molecular weight is 194 g/mol. The Balaban J connectivity index is 0. The standard InChI is InChI=1S/C3H7NO2S.C3H7NO/c4-2(1-7)3(5)6;1-2-3(4)5/h2,7H,1,4H2,(H,5,6);2H2,1H3,(H2,4,5)/t2-;/m0./s1. The molecule has 0 saturated carbocycles. The number of aliphatic carboxylic acids is 1. The third-order valence-electron chi connectivity index (χ3n) is 0.862. The maximum Gasteiger partial charge on any atom is 0.321 e. The molecule has 0 aromatic carbocycles. The third kappa shape index (κ3) is 12.0. The maximum absolute atomic E-state index is 9.76. The normalized spacial score (nSPS) is 10.9. The van der Waals surface area contributed by atoms with Crippen LogP contribution in [0.2, 0.25) is 0 Å². The van der Waals surface area contributed by atoms with E-state index in [0.29, 0.717) is 6.42 Å². The van der Waals surface area contributed by atoms with Gasteiger partial charge in [0.15, 0.2) is 0 Å². The molecule has 0 aromatic heterocycles. The van der Waals surface area contributed by atoms with Crippen LogP contribution in [0.4, 0.5) is 0 Å². The van der Waals surface area contributed by atoms with Crippen LogP contribution in [0.1, 0.15) is 13.3 Å². The summed E-state index contributed by atoms with van der Waals surface area (Å²) in [6.45, 7) is 1.72. The van der Waals surface area contributed by atoms with Crippen molar-refractivity contribution in [1.82, 2.24) is 0 Å². The van der Waals surface area contributed by atoms with Gasteiger partial charge in [0.2, 0.25) is 5.91 Å². The van der Waals surface area contributed by atoms with Crippen molar-refractivity contribution in [2.75, 3.05) is 5.75 Å².